The van der Waals surface area contributed by atoms with Gasteiger partial charge in [0, 0.05) is 16.7 Å². The van der Waals surface area contributed by atoms with Crippen LogP contribution in [0.5, 0.6) is 0 Å². The molecule has 4 heteroatoms. The second kappa shape index (κ2) is 9.85. The highest BCUT2D eigenvalue weighted by molar-refractivity contribution is 8.00. The van der Waals surface area contributed by atoms with Crippen LogP contribution in [0.15, 0.2) is 83.9 Å². The summed E-state index contributed by atoms with van der Waals surface area (Å²) in [5.41, 5.74) is 8.14. The molecule has 0 unspecified atom stereocenters. The number of nitrogens with zero attached hydrogens (tertiary/aromatic N) is 2. The van der Waals surface area contributed by atoms with Gasteiger partial charge in [0.25, 0.3) is 0 Å². The van der Waals surface area contributed by atoms with Crippen molar-refractivity contribution in [3.63, 3.8) is 0 Å². The Labute approximate surface area is 199 Å². The first-order valence-corrected chi connectivity index (χ1v) is 11.8. The van der Waals surface area contributed by atoms with Crippen LogP contribution in [0.25, 0.3) is 22.4 Å². The van der Waals surface area contributed by atoms with Crippen LogP contribution in [0.4, 0.5) is 0 Å². The fraction of sp³-hybridized carbons (Fsp3) is 0.138. The van der Waals surface area contributed by atoms with Crippen LogP contribution >= 0.6 is 11.8 Å². The third-order valence-electron chi connectivity index (χ3n) is 5.70. The van der Waals surface area contributed by atoms with Crippen molar-refractivity contribution in [3.8, 4) is 28.5 Å². The number of aryl methyl sites for hydroxylation is 3. The van der Waals surface area contributed by atoms with Gasteiger partial charge in [-0.05, 0) is 49.6 Å². The molecule has 0 atom stereocenters. The van der Waals surface area contributed by atoms with Gasteiger partial charge in [-0.1, -0.05) is 84.1 Å². The molecular formula is C29H24N2OS. The van der Waals surface area contributed by atoms with E-state index >= 15 is 0 Å². The molecule has 0 bridgehead atoms. The molecule has 0 aliphatic rings. The first-order valence-electron chi connectivity index (χ1n) is 10.8. The summed E-state index contributed by atoms with van der Waals surface area (Å²) < 4.78 is 0. The molecule has 162 valence electrons. The van der Waals surface area contributed by atoms with Gasteiger partial charge in [-0.2, -0.15) is 5.26 Å². The SMILES string of the molecule is Cc1ccc(-c2cc(-c3ccccc3)c(C#N)c(SCC(=O)c3ccc(C)c(C)c3)n2)cc1. The van der Waals surface area contributed by atoms with Gasteiger partial charge in [0.1, 0.15) is 11.1 Å². The molecule has 0 spiro atoms. The Morgan fingerprint density at radius 2 is 1.61 bits per heavy atom. The number of Topliss-reactive ketones (excluding diaryl/α,β-unsaturated/α-hetero) is 1. The molecule has 1 heterocycles. The fourth-order valence-electron chi connectivity index (χ4n) is 3.58. The number of aromatic nitrogens is 1. The minimum absolute atomic E-state index is 0.0239. The summed E-state index contributed by atoms with van der Waals surface area (Å²) in [5.74, 6) is 0.242. The van der Waals surface area contributed by atoms with Crippen molar-refractivity contribution < 1.29 is 4.79 Å². The Kier molecular flexibility index (Phi) is 6.72. The first kappa shape index (κ1) is 22.5. The molecule has 0 fully saturated rings. The lowest BCUT2D eigenvalue weighted by Crippen LogP contribution is -2.05. The molecule has 0 saturated carbocycles. The lowest BCUT2D eigenvalue weighted by molar-refractivity contribution is 0.102. The van der Waals surface area contributed by atoms with Crippen molar-refractivity contribution in [2.75, 3.05) is 5.75 Å². The van der Waals surface area contributed by atoms with E-state index in [1.54, 1.807) is 0 Å². The van der Waals surface area contributed by atoms with E-state index in [0.717, 1.165) is 33.5 Å². The Hall–Kier alpha value is -3.68. The summed E-state index contributed by atoms with van der Waals surface area (Å²) in [6.45, 7) is 6.08. The van der Waals surface area contributed by atoms with Gasteiger partial charge >= 0.3 is 0 Å². The van der Waals surface area contributed by atoms with Gasteiger partial charge < -0.3 is 0 Å². The molecule has 0 aliphatic heterocycles. The van der Waals surface area contributed by atoms with Crippen LogP contribution in [0.3, 0.4) is 0 Å². The van der Waals surface area contributed by atoms with Crippen LogP contribution in [0.1, 0.15) is 32.6 Å². The highest BCUT2D eigenvalue weighted by Gasteiger charge is 2.17. The van der Waals surface area contributed by atoms with Crippen LogP contribution in [0.2, 0.25) is 0 Å². The van der Waals surface area contributed by atoms with Crippen LogP contribution in [0, 0.1) is 32.1 Å². The largest absolute Gasteiger partial charge is 0.293 e. The van der Waals surface area contributed by atoms with E-state index in [1.165, 1.54) is 17.3 Å². The van der Waals surface area contributed by atoms with Gasteiger partial charge in [0.2, 0.25) is 0 Å². The van der Waals surface area contributed by atoms with Gasteiger partial charge in [-0.15, -0.1) is 0 Å². The van der Waals surface area contributed by atoms with Crippen molar-refractivity contribution in [1.29, 1.82) is 5.26 Å². The van der Waals surface area contributed by atoms with E-state index in [0.29, 0.717) is 16.2 Å². The second-order valence-corrected chi connectivity index (χ2v) is 9.05. The summed E-state index contributed by atoms with van der Waals surface area (Å²) >= 11 is 1.32. The van der Waals surface area contributed by atoms with Gasteiger partial charge in [0.05, 0.1) is 17.0 Å². The molecule has 4 rings (SSSR count). The normalized spacial score (nSPS) is 10.6. The Morgan fingerprint density at radius 1 is 0.879 bits per heavy atom. The number of hydrogen-bond donors (Lipinski definition) is 0. The summed E-state index contributed by atoms with van der Waals surface area (Å²) in [6, 6.07) is 28.1. The third kappa shape index (κ3) is 5.05. The second-order valence-electron chi connectivity index (χ2n) is 8.09. The van der Waals surface area contributed by atoms with Gasteiger partial charge in [-0.3, -0.25) is 4.79 Å². The standard InChI is InChI=1S/C29H24N2OS/c1-19-9-12-23(13-10-19)27-16-25(22-7-5-4-6-8-22)26(17-30)29(31-27)33-18-28(32)24-14-11-20(2)21(3)15-24/h4-16H,18H2,1-3H3. The molecule has 0 radical (unpaired) electrons. The number of carbonyl (C=O) groups excluding carboxylic acids is 1. The van der Waals surface area contributed by atoms with Crippen molar-refractivity contribution in [3.05, 3.63) is 107 Å². The monoisotopic (exact) mass is 448 g/mol. The minimum atomic E-state index is 0.0239. The van der Waals surface area contributed by atoms with Gasteiger partial charge in [0.15, 0.2) is 5.78 Å². The molecular weight excluding hydrogens is 424 g/mol. The van der Waals surface area contributed by atoms with E-state index in [2.05, 4.69) is 6.07 Å². The number of nitriles is 1. The van der Waals surface area contributed by atoms with Crippen LogP contribution < -0.4 is 0 Å². The summed E-state index contributed by atoms with van der Waals surface area (Å²) in [4.78, 5) is 17.7. The molecule has 0 N–H and O–H groups in total. The summed E-state index contributed by atoms with van der Waals surface area (Å²) in [7, 11) is 0. The zero-order valence-electron chi connectivity index (χ0n) is 18.9. The summed E-state index contributed by atoms with van der Waals surface area (Å²) in [6.07, 6.45) is 0. The number of rotatable bonds is 6. The molecule has 1 aromatic heterocycles. The molecule has 3 nitrogen and oxygen atoms in total. The maximum absolute atomic E-state index is 12.9. The first-order chi connectivity index (χ1) is 16.0. The lowest BCUT2D eigenvalue weighted by Gasteiger charge is -2.13. The van der Waals surface area contributed by atoms with E-state index in [1.807, 2.05) is 99.6 Å². The minimum Gasteiger partial charge on any atom is -0.293 e. The van der Waals surface area contributed by atoms with E-state index in [9.17, 15) is 10.1 Å². The molecule has 0 amide bonds. The number of hydrogen-bond acceptors (Lipinski definition) is 4. The molecule has 3 aromatic carbocycles. The highest BCUT2D eigenvalue weighted by Crippen LogP contribution is 2.34. The summed E-state index contributed by atoms with van der Waals surface area (Å²) in [5, 5.41) is 10.6. The van der Waals surface area contributed by atoms with E-state index in [-0.39, 0.29) is 11.5 Å². The fourth-order valence-corrected chi connectivity index (χ4v) is 4.48. The zero-order valence-corrected chi connectivity index (χ0v) is 19.7. The predicted molar refractivity (Wildman–Crippen MR) is 136 cm³/mol. The molecule has 33 heavy (non-hydrogen) atoms. The lowest BCUT2D eigenvalue weighted by atomic mass is 9.99. The smallest absolute Gasteiger partial charge is 0.173 e. The number of pyridine rings is 1. The Bertz CT molecular complexity index is 1350. The topological polar surface area (TPSA) is 53.8 Å². The number of benzene rings is 3. The number of thioether (sulfide) groups is 1. The van der Waals surface area contributed by atoms with E-state index < -0.39 is 0 Å². The molecule has 0 aliphatic carbocycles. The quantitative estimate of drug-likeness (QED) is 0.231. The maximum Gasteiger partial charge on any atom is 0.173 e. The predicted octanol–water partition coefficient (Wildman–Crippen LogP) is 7.19. The third-order valence-corrected chi connectivity index (χ3v) is 6.67. The molecule has 0 saturated heterocycles. The number of ketones is 1. The average molecular weight is 449 g/mol. The van der Waals surface area contributed by atoms with Gasteiger partial charge in [-0.25, -0.2) is 4.98 Å². The Morgan fingerprint density at radius 3 is 2.27 bits per heavy atom. The van der Waals surface area contributed by atoms with Crippen molar-refractivity contribution in [1.82, 2.24) is 4.98 Å². The average Bonchev–Trinajstić information content (AvgIpc) is 2.84. The van der Waals surface area contributed by atoms with Crippen molar-refractivity contribution in [2.45, 2.75) is 25.8 Å². The molecule has 4 aromatic rings. The van der Waals surface area contributed by atoms with Crippen molar-refractivity contribution in [2.24, 2.45) is 0 Å². The maximum atomic E-state index is 12.9. The van der Waals surface area contributed by atoms with Crippen LogP contribution in [-0.2, 0) is 0 Å². The van der Waals surface area contributed by atoms with E-state index in [4.69, 9.17) is 4.98 Å². The number of carbonyl (C=O) groups is 1. The Balaban J connectivity index is 1.74. The van der Waals surface area contributed by atoms with Crippen LogP contribution in [-0.4, -0.2) is 16.5 Å². The van der Waals surface area contributed by atoms with Crippen molar-refractivity contribution >= 4 is 17.5 Å². The highest BCUT2D eigenvalue weighted by atomic mass is 32.2. The zero-order chi connectivity index (χ0) is 23.4.